The van der Waals surface area contributed by atoms with Crippen molar-refractivity contribution in [3.8, 4) is 0 Å². The molecule has 0 atom stereocenters. The van der Waals surface area contributed by atoms with Gasteiger partial charge in [-0.3, -0.25) is 0 Å². The summed E-state index contributed by atoms with van der Waals surface area (Å²) in [6, 6.07) is 12.4. The summed E-state index contributed by atoms with van der Waals surface area (Å²) in [7, 11) is 0. The van der Waals surface area contributed by atoms with Crippen LogP contribution in [-0.4, -0.2) is 11.1 Å². The lowest BCUT2D eigenvalue weighted by atomic mass is 10.1. The SMILES string of the molecule is Cc1ccc(C(=O)OCc2ccc(CO)cc2)c(Cl)c1. The molecule has 0 saturated heterocycles. The van der Waals surface area contributed by atoms with Gasteiger partial charge in [-0.1, -0.05) is 41.9 Å². The first-order valence-corrected chi connectivity index (χ1v) is 6.60. The van der Waals surface area contributed by atoms with Gasteiger partial charge >= 0.3 is 5.97 Å². The highest BCUT2D eigenvalue weighted by Gasteiger charge is 2.11. The number of esters is 1. The highest BCUT2D eigenvalue weighted by molar-refractivity contribution is 6.33. The first-order chi connectivity index (χ1) is 9.60. The predicted molar refractivity (Wildman–Crippen MR) is 77.7 cm³/mol. The second-order valence-electron chi connectivity index (χ2n) is 4.53. The third kappa shape index (κ3) is 3.59. The van der Waals surface area contributed by atoms with E-state index in [-0.39, 0.29) is 13.2 Å². The third-order valence-corrected chi connectivity index (χ3v) is 3.23. The number of aliphatic hydroxyl groups is 1. The van der Waals surface area contributed by atoms with E-state index in [9.17, 15) is 4.79 Å². The Morgan fingerprint density at radius 1 is 1.15 bits per heavy atom. The molecule has 0 radical (unpaired) electrons. The van der Waals surface area contributed by atoms with E-state index in [0.717, 1.165) is 16.7 Å². The third-order valence-electron chi connectivity index (χ3n) is 2.92. The highest BCUT2D eigenvalue weighted by Crippen LogP contribution is 2.19. The molecular weight excluding hydrogens is 276 g/mol. The molecule has 4 heteroatoms. The van der Waals surface area contributed by atoms with E-state index in [2.05, 4.69) is 0 Å². The van der Waals surface area contributed by atoms with Crippen molar-refractivity contribution < 1.29 is 14.6 Å². The zero-order chi connectivity index (χ0) is 14.5. The zero-order valence-electron chi connectivity index (χ0n) is 11.1. The Hall–Kier alpha value is -1.84. The lowest BCUT2D eigenvalue weighted by molar-refractivity contribution is 0.0473. The number of halogens is 1. The van der Waals surface area contributed by atoms with Gasteiger partial charge < -0.3 is 9.84 Å². The first-order valence-electron chi connectivity index (χ1n) is 6.22. The second kappa shape index (κ2) is 6.55. The fourth-order valence-electron chi connectivity index (χ4n) is 1.75. The standard InChI is InChI=1S/C16H15ClO3/c1-11-2-7-14(15(17)8-11)16(19)20-10-13-5-3-12(9-18)4-6-13/h2-8,18H,9-10H2,1H3. The number of ether oxygens (including phenoxy) is 1. The Labute approximate surface area is 122 Å². The van der Waals surface area contributed by atoms with E-state index in [1.165, 1.54) is 0 Å². The maximum Gasteiger partial charge on any atom is 0.339 e. The molecule has 0 aliphatic rings. The highest BCUT2D eigenvalue weighted by atomic mass is 35.5. The average molecular weight is 291 g/mol. The molecule has 104 valence electrons. The van der Waals surface area contributed by atoms with Crippen LogP contribution in [0.2, 0.25) is 5.02 Å². The number of carbonyl (C=O) groups excluding carboxylic acids is 1. The summed E-state index contributed by atoms with van der Waals surface area (Å²) in [5, 5.41) is 9.34. The minimum atomic E-state index is -0.443. The number of aryl methyl sites for hydroxylation is 1. The van der Waals surface area contributed by atoms with Crippen molar-refractivity contribution in [3.05, 3.63) is 69.7 Å². The zero-order valence-corrected chi connectivity index (χ0v) is 11.9. The summed E-state index contributed by atoms with van der Waals surface area (Å²) in [4.78, 5) is 11.9. The van der Waals surface area contributed by atoms with Gasteiger partial charge in [0.1, 0.15) is 6.61 Å². The molecule has 0 aliphatic carbocycles. The monoisotopic (exact) mass is 290 g/mol. The molecule has 0 heterocycles. The van der Waals surface area contributed by atoms with Crippen LogP contribution >= 0.6 is 11.6 Å². The Morgan fingerprint density at radius 3 is 2.40 bits per heavy atom. The second-order valence-corrected chi connectivity index (χ2v) is 4.94. The summed E-state index contributed by atoms with van der Waals surface area (Å²) < 4.78 is 5.22. The fraction of sp³-hybridized carbons (Fsp3) is 0.188. The molecule has 0 saturated carbocycles. The van der Waals surface area contributed by atoms with Crippen molar-refractivity contribution in [1.82, 2.24) is 0 Å². The maximum absolute atomic E-state index is 11.9. The van der Waals surface area contributed by atoms with Crippen molar-refractivity contribution in [2.45, 2.75) is 20.1 Å². The van der Waals surface area contributed by atoms with Crippen LogP contribution < -0.4 is 0 Å². The van der Waals surface area contributed by atoms with Crippen LogP contribution in [0.5, 0.6) is 0 Å². The molecule has 0 aromatic heterocycles. The van der Waals surface area contributed by atoms with E-state index in [0.29, 0.717) is 10.6 Å². The predicted octanol–water partition coefficient (Wildman–Crippen LogP) is 3.50. The molecule has 0 aliphatic heterocycles. The first kappa shape index (κ1) is 14.6. The lowest BCUT2D eigenvalue weighted by Gasteiger charge is -2.07. The number of aliphatic hydroxyl groups excluding tert-OH is 1. The van der Waals surface area contributed by atoms with Crippen LogP contribution in [0, 0.1) is 6.92 Å². The number of hydrogen-bond donors (Lipinski definition) is 1. The maximum atomic E-state index is 11.9. The van der Waals surface area contributed by atoms with E-state index in [1.807, 2.05) is 25.1 Å². The Kier molecular flexibility index (Phi) is 4.77. The van der Waals surface area contributed by atoms with Crippen LogP contribution in [0.25, 0.3) is 0 Å². The molecule has 3 nitrogen and oxygen atoms in total. The normalized spacial score (nSPS) is 10.3. The molecule has 0 amide bonds. The van der Waals surface area contributed by atoms with Gasteiger partial charge in [-0.25, -0.2) is 4.79 Å². The van der Waals surface area contributed by atoms with Gasteiger partial charge in [-0.05, 0) is 35.7 Å². The van der Waals surface area contributed by atoms with Gasteiger partial charge in [0.15, 0.2) is 0 Å². The van der Waals surface area contributed by atoms with Gasteiger partial charge in [-0.2, -0.15) is 0 Å². The van der Waals surface area contributed by atoms with Crippen LogP contribution in [0.1, 0.15) is 27.0 Å². The van der Waals surface area contributed by atoms with Crippen LogP contribution in [-0.2, 0) is 18.0 Å². The number of benzene rings is 2. The molecule has 0 fully saturated rings. The molecule has 0 bridgehead atoms. The average Bonchev–Trinajstić information content (AvgIpc) is 2.45. The summed E-state index contributed by atoms with van der Waals surface area (Å²) in [6.07, 6.45) is 0. The molecule has 20 heavy (non-hydrogen) atoms. The van der Waals surface area contributed by atoms with Gasteiger partial charge in [-0.15, -0.1) is 0 Å². The van der Waals surface area contributed by atoms with Gasteiger partial charge in [0.25, 0.3) is 0 Å². The minimum Gasteiger partial charge on any atom is -0.457 e. The fourth-order valence-corrected chi connectivity index (χ4v) is 2.07. The largest absolute Gasteiger partial charge is 0.457 e. The molecule has 2 aromatic rings. The lowest BCUT2D eigenvalue weighted by Crippen LogP contribution is -2.06. The molecular formula is C16H15ClO3. The smallest absolute Gasteiger partial charge is 0.339 e. The van der Waals surface area contributed by atoms with Crippen molar-refractivity contribution in [1.29, 1.82) is 0 Å². The summed E-state index contributed by atoms with van der Waals surface area (Å²) >= 11 is 6.02. The van der Waals surface area contributed by atoms with Crippen LogP contribution in [0.15, 0.2) is 42.5 Å². The van der Waals surface area contributed by atoms with E-state index in [1.54, 1.807) is 24.3 Å². The minimum absolute atomic E-state index is 0.000950. The van der Waals surface area contributed by atoms with E-state index < -0.39 is 5.97 Å². The van der Waals surface area contributed by atoms with Crippen molar-refractivity contribution in [2.24, 2.45) is 0 Å². The Morgan fingerprint density at radius 2 is 1.80 bits per heavy atom. The van der Waals surface area contributed by atoms with E-state index in [4.69, 9.17) is 21.4 Å². The van der Waals surface area contributed by atoms with Gasteiger partial charge in [0.05, 0.1) is 17.2 Å². The molecule has 0 unspecified atom stereocenters. The van der Waals surface area contributed by atoms with Crippen molar-refractivity contribution >= 4 is 17.6 Å². The summed E-state index contributed by atoms with van der Waals surface area (Å²) in [6.45, 7) is 2.08. The Bertz CT molecular complexity index is 606. The van der Waals surface area contributed by atoms with Crippen molar-refractivity contribution in [2.75, 3.05) is 0 Å². The van der Waals surface area contributed by atoms with Crippen LogP contribution in [0.3, 0.4) is 0 Å². The Balaban J connectivity index is 2.00. The van der Waals surface area contributed by atoms with Gasteiger partial charge in [0, 0.05) is 0 Å². The van der Waals surface area contributed by atoms with Crippen molar-refractivity contribution in [3.63, 3.8) is 0 Å². The summed E-state index contributed by atoms with van der Waals surface area (Å²) in [5.74, 6) is -0.443. The molecule has 2 rings (SSSR count). The molecule has 2 aromatic carbocycles. The number of rotatable bonds is 4. The topological polar surface area (TPSA) is 46.5 Å². The molecule has 1 N–H and O–H groups in total. The number of hydrogen-bond acceptors (Lipinski definition) is 3. The summed E-state index contributed by atoms with van der Waals surface area (Å²) in [5.41, 5.74) is 3.04. The van der Waals surface area contributed by atoms with Crippen LogP contribution in [0.4, 0.5) is 0 Å². The molecule has 0 spiro atoms. The van der Waals surface area contributed by atoms with Gasteiger partial charge in [0.2, 0.25) is 0 Å². The van der Waals surface area contributed by atoms with E-state index >= 15 is 0 Å². The number of carbonyl (C=O) groups is 1. The quantitative estimate of drug-likeness (QED) is 0.877.